The molecule has 0 aliphatic heterocycles. The first-order chi connectivity index (χ1) is 31.0. The van der Waals surface area contributed by atoms with Crippen LogP contribution in [0, 0.1) is 0 Å². The van der Waals surface area contributed by atoms with E-state index in [4.69, 9.17) is 14.2 Å². The van der Waals surface area contributed by atoms with Crippen molar-refractivity contribution in [1.29, 1.82) is 0 Å². The summed E-state index contributed by atoms with van der Waals surface area (Å²) in [5.41, 5.74) is 0. The fraction of sp³-hybridized carbons (Fsp3) is 0.596. The third-order valence-corrected chi connectivity index (χ3v) is 9.96. The normalized spacial score (nSPS) is 13.1. The fourth-order valence-electron chi connectivity index (χ4n) is 6.27. The molecular formula is C57H90O6. The molecule has 0 rings (SSSR count). The number of unbranched alkanes of at least 4 members (excludes halogenated alkanes) is 12. The van der Waals surface area contributed by atoms with Crippen LogP contribution in [0.15, 0.2) is 122 Å². The number of carbonyl (C=O) groups excluding carboxylic acids is 3. The lowest BCUT2D eigenvalue weighted by atomic mass is 10.1. The Balaban J connectivity index is 4.29. The van der Waals surface area contributed by atoms with Gasteiger partial charge in [-0.15, -0.1) is 0 Å². The van der Waals surface area contributed by atoms with Gasteiger partial charge in [0.2, 0.25) is 0 Å². The first-order valence-electron chi connectivity index (χ1n) is 25.0. The molecule has 0 spiro atoms. The van der Waals surface area contributed by atoms with Gasteiger partial charge in [0.1, 0.15) is 13.2 Å². The maximum atomic E-state index is 12.7. The summed E-state index contributed by atoms with van der Waals surface area (Å²) in [6.45, 7) is 6.24. The second-order valence-electron chi connectivity index (χ2n) is 16.0. The van der Waals surface area contributed by atoms with Crippen molar-refractivity contribution in [3.05, 3.63) is 122 Å². The third kappa shape index (κ3) is 48.7. The van der Waals surface area contributed by atoms with Crippen LogP contribution in [-0.4, -0.2) is 37.2 Å². The maximum absolute atomic E-state index is 12.7. The Kier molecular flexibility index (Phi) is 47.1. The fourth-order valence-corrected chi connectivity index (χ4v) is 6.27. The van der Waals surface area contributed by atoms with Gasteiger partial charge < -0.3 is 14.2 Å². The summed E-state index contributed by atoms with van der Waals surface area (Å²) < 4.78 is 16.6. The van der Waals surface area contributed by atoms with Crippen molar-refractivity contribution in [2.45, 2.75) is 207 Å². The van der Waals surface area contributed by atoms with E-state index in [9.17, 15) is 14.4 Å². The standard InChI is InChI=1S/C57H90O6/c1-4-7-10-13-15-17-19-21-23-25-26-27-28-29-30-32-33-35-37-39-41-44-47-50-56(59)62-53-54(52-61-55(58)49-46-43-12-9-6-3)63-57(60)51-48-45-42-40-38-36-34-31-24-22-20-18-16-14-11-8-5-2/h7-8,10-11,15-18,21-24,26-27,29-30,34,36,40,42,54H,4-6,9,12-14,19-20,25,28,31-33,35,37-39,41,43-53H2,1-3H3/b10-7-,11-8-,17-15-,18-16-,23-21-,24-22-,27-26-,30-29-,36-34-,42-40-. The summed E-state index contributed by atoms with van der Waals surface area (Å²) in [7, 11) is 0. The number of carbonyl (C=O) groups is 3. The third-order valence-electron chi connectivity index (χ3n) is 9.96. The van der Waals surface area contributed by atoms with Crippen molar-refractivity contribution in [2.75, 3.05) is 13.2 Å². The van der Waals surface area contributed by atoms with Gasteiger partial charge in [-0.2, -0.15) is 0 Å². The molecule has 0 aliphatic carbocycles. The average Bonchev–Trinajstić information content (AvgIpc) is 3.28. The average molecular weight is 871 g/mol. The molecule has 0 N–H and O–H groups in total. The van der Waals surface area contributed by atoms with Gasteiger partial charge in [-0.05, 0) is 103 Å². The van der Waals surface area contributed by atoms with Crippen LogP contribution in [0.1, 0.15) is 201 Å². The van der Waals surface area contributed by atoms with E-state index in [2.05, 4.69) is 142 Å². The molecule has 0 saturated heterocycles. The summed E-state index contributed by atoms with van der Waals surface area (Å²) in [6, 6.07) is 0. The zero-order valence-electron chi connectivity index (χ0n) is 40.3. The first-order valence-corrected chi connectivity index (χ1v) is 25.0. The molecule has 0 fully saturated rings. The lowest BCUT2D eigenvalue weighted by Crippen LogP contribution is -2.30. The van der Waals surface area contributed by atoms with E-state index in [0.717, 1.165) is 128 Å². The van der Waals surface area contributed by atoms with Gasteiger partial charge in [0.15, 0.2) is 6.10 Å². The van der Waals surface area contributed by atoms with Crippen LogP contribution in [0.4, 0.5) is 0 Å². The molecule has 63 heavy (non-hydrogen) atoms. The van der Waals surface area contributed by atoms with Crippen molar-refractivity contribution in [2.24, 2.45) is 0 Å². The van der Waals surface area contributed by atoms with E-state index in [0.29, 0.717) is 19.3 Å². The smallest absolute Gasteiger partial charge is 0.306 e. The highest BCUT2D eigenvalue weighted by atomic mass is 16.6. The summed E-state index contributed by atoms with van der Waals surface area (Å²) in [5.74, 6) is -1.00. The quantitative estimate of drug-likeness (QED) is 0.0263. The summed E-state index contributed by atoms with van der Waals surface area (Å²) in [5, 5.41) is 0. The minimum absolute atomic E-state index is 0.108. The number of esters is 3. The van der Waals surface area contributed by atoms with Crippen LogP contribution in [0.3, 0.4) is 0 Å². The first kappa shape index (κ1) is 58.8. The number of hydrogen-bond donors (Lipinski definition) is 0. The van der Waals surface area contributed by atoms with E-state index >= 15 is 0 Å². The van der Waals surface area contributed by atoms with Crippen molar-refractivity contribution >= 4 is 17.9 Å². The molecule has 0 aromatic rings. The van der Waals surface area contributed by atoms with Gasteiger partial charge in [0.05, 0.1) is 0 Å². The number of hydrogen-bond acceptors (Lipinski definition) is 6. The predicted molar refractivity (Wildman–Crippen MR) is 269 cm³/mol. The Morgan fingerprint density at radius 2 is 0.635 bits per heavy atom. The highest BCUT2D eigenvalue weighted by molar-refractivity contribution is 5.71. The highest BCUT2D eigenvalue weighted by Gasteiger charge is 2.19. The van der Waals surface area contributed by atoms with Crippen LogP contribution in [0.5, 0.6) is 0 Å². The van der Waals surface area contributed by atoms with Crippen molar-refractivity contribution < 1.29 is 28.6 Å². The van der Waals surface area contributed by atoms with Crippen LogP contribution in [0.25, 0.3) is 0 Å². The molecule has 354 valence electrons. The SMILES string of the molecule is CC/C=C\C/C=C\C/C=C\C/C=C\C/C=C\CCCCCCCCCC(=O)OCC(COC(=O)CCCCCCC)OC(=O)CCC/C=C\C/C=C\C/C=C\C/C=C\C/C=C\CC. The lowest BCUT2D eigenvalue weighted by molar-refractivity contribution is -0.167. The van der Waals surface area contributed by atoms with E-state index in [1.807, 2.05) is 0 Å². The molecule has 0 radical (unpaired) electrons. The lowest BCUT2D eigenvalue weighted by Gasteiger charge is -2.18. The van der Waals surface area contributed by atoms with Crippen molar-refractivity contribution in [1.82, 2.24) is 0 Å². The minimum atomic E-state index is -0.811. The molecule has 0 heterocycles. The largest absolute Gasteiger partial charge is 0.462 e. The molecule has 0 aliphatic rings. The summed E-state index contributed by atoms with van der Waals surface area (Å²) >= 11 is 0. The van der Waals surface area contributed by atoms with Crippen LogP contribution in [0.2, 0.25) is 0 Å². The number of rotatable bonds is 43. The van der Waals surface area contributed by atoms with Gasteiger partial charge in [-0.25, -0.2) is 0 Å². The van der Waals surface area contributed by atoms with E-state index < -0.39 is 6.10 Å². The molecule has 0 saturated carbocycles. The molecule has 0 amide bonds. The second kappa shape index (κ2) is 50.5. The topological polar surface area (TPSA) is 78.9 Å². The molecule has 0 bridgehead atoms. The second-order valence-corrected chi connectivity index (χ2v) is 16.0. The zero-order valence-corrected chi connectivity index (χ0v) is 40.3. The van der Waals surface area contributed by atoms with E-state index in [1.54, 1.807) is 0 Å². The van der Waals surface area contributed by atoms with Crippen LogP contribution >= 0.6 is 0 Å². The van der Waals surface area contributed by atoms with Crippen LogP contribution in [-0.2, 0) is 28.6 Å². The summed E-state index contributed by atoms with van der Waals surface area (Å²) in [6.07, 6.45) is 69.4. The Morgan fingerprint density at radius 3 is 1.02 bits per heavy atom. The molecule has 6 nitrogen and oxygen atoms in total. The molecule has 0 aromatic heterocycles. The Labute approximate surface area is 386 Å². The molecular weight excluding hydrogens is 781 g/mol. The molecule has 1 atom stereocenters. The van der Waals surface area contributed by atoms with E-state index in [1.165, 1.54) is 25.7 Å². The van der Waals surface area contributed by atoms with Gasteiger partial charge in [0, 0.05) is 19.3 Å². The highest BCUT2D eigenvalue weighted by Crippen LogP contribution is 2.12. The number of ether oxygens (including phenoxy) is 3. The maximum Gasteiger partial charge on any atom is 0.306 e. The monoisotopic (exact) mass is 871 g/mol. The van der Waals surface area contributed by atoms with Gasteiger partial charge >= 0.3 is 17.9 Å². The van der Waals surface area contributed by atoms with Gasteiger partial charge in [-0.1, -0.05) is 200 Å². The van der Waals surface area contributed by atoms with Gasteiger partial charge in [0.25, 0.3) is 0 Å². The van der Waals surface area contributed by atoms with Crippen molar-refractivity contribution in [3.8, 4) is 0 Å². The number of allylic oxidation sites excluding steroid dienone is 20. The molecule has 6 heteroatoms. The van der Waals surface area contributed by atoms with Crippen molar-refractivity contribution in [3.63, 3.8) is 0 Å². The van der Waals surface area contributed by atoms with Gasteiger partial charge in [-0.3, -0.25) is 14.4 Å². The summed E-state index contributed by atoms with van der Waals surface area (Å²) in [4.78, 5) is 37.6. The molecule has 0 aromatic carbocycles. The Bertz CT molecular complexity index is 1370. The van der Waals surface area contributed by atoms with Crippen LogP contribution < -0.4 is 0 Å². The Hall–Kier alpha value is -4.19. The molecule has 1 unspecified atom stereocenters. The Morgan fingerprint density at radius 1 is 0.333 bits per heavy atom. The zero-order chi connectivity index (χ0) is 45.8. The van der Waals surface area contributed by atoms with E-state index in [-0.39, 0.29) is 37.5 Å². The predicted octanol–water partition coefficient (Wildman–Crippen LogP) is 16.5. The minimum Gasteiger partial charge on any atom is -0.462 e.